The van der Waals surface area contributed by atoms with Crippen molar-refractivity contribution in [2.24, 2.45) is 5.92 Å². The summed E-state index contributed by atoms with van der Waals surface area (Å²) < 4.78 is 2.16. The molecule has 0 spiro atoms. The van der Waals surface area contributed by atoms with Gasteiger partial charge >= 0.3 is 0 Å². The van der Waals surface area contributed by atoms with Crippen molar-refractivity contribution >= 4 is 56.2 Å². The summed E-state index contributed by atoms with van der Waals surface area (Å²) in [6.45, 7) is 3.22. The van der Waals surface area contributed by atoms with Gasteiger partial charge in [0.05, 0.1) is 5.52 Å². The lowest BCUT2D eigenvalue weighted by Gasteiger charge is -2.27. The number of aryl methyl sites for hydroxylation is 1. The highest BCUT2D eigenvalue weighted by Crippen LogP contribution is 2.48. The third kappa shape index (κ3) is 4.65. The molecule has 12 heteroatoms. The van der Waals surface area contributed by atoms with E-state index in [1.165, 1.54) is 6.92 Å². The highest BCUT2D eigenvalue weighted by atomic mass is 79.9. The van der Waals surface area contributed by atoms with Crippen LogP contribution in [0, 0.1) is 12.8 Å². The Kier molecular flexibility index (Phi) is 6.13. The van der Waals surface area contributed by atoms with E-state index in [1.54, 1.807) is 22.0 Å². The minimum absolute atomic E-state index is 0.0380. The molecule has 2 aliphatic rings. The first-order chi connectivity index (χ1) is 18.7. The summed E-state index contributed by atoms with van der Waals surface area (Å²) in [6, 6.07) is 8.64. The number of aromatic nitrogens is 5. The van der Waals surface area contributed by atoms with Gasteiger partial charge in [0.25, 0.3) is 0 Å². The molecule has 6 rings (SSSR count). The number of piperidine rings is 1. The van der Waals surface area contributed by atoms with Gasteiger partial charge in [-0.25, -0.2) is 15.0 Å². The molecule has 0 bridgehead atoms. The molecule has 198 valence electrons. The maximum Gasteiger partial charge on any atom is 0.248 e. The molecule has 2 amide bonds. The van der Waals surface area contributed by atoms with Crippen LogP contribution in [-0.4, -0.2) is 59.3 Å². The van der Waals surface area contributed by atoms with Crippen LogP contribution in [0.4, 0.5) is 11.8 Å². The van der Waals surface area contributed by atoms with Crippen LogP contribution in [0.5, 0.6) is 0 Å². The third-order valence-electron chi connectivity index (χ3n) is 7.37. The van der Waals surface area contributed by atoms with Crippen LogP contribution >= 0.6 is 15.9 Å². The molecule has 1 aliphatic carbocycles. The number of nitrogens with two attached hydrogens (primary N) is 1. The van der Waals surface area contributed by atoms with Gasteiger partial charge in [0, 0.05) is 36.3 Å². The maximum absolute atomic E-state index is 13.6. The number of anilines is 2. The number of pyridine rings is 1. The average molecular weight is 589 g/mol. The number of halogens is 1. The van der Waals surface area contributed by atoms with Crippen molar-refractivity contribution in [3.8, 4) is 11.1 Å². The second kappa shape index (κ2) is 9.53. The third-order valence-corrected chi connectivity index (χ3v) is 7.82. The zero-order valence-corrected chi connectivity index (χ0v) is 22.8. The first-order valence-electron chi connectivity index (χ1n) is 12.5. The van der Waals surface area contributed by atoms with Gasteiger partial charge in [-0.05, 0) is 70.9 Å². The molecule has 2 fully saturated rings. The molecule has 3 aromatic heterocycles. The van der Waals surface area contributed by atoms with Crippen molar-refractivity contribution in [1.29, 1.82) is 0 Å². The van der Waals surface area contributed by atoms with E-state index in [0.717, 1.165) is 23.1 Å². The fraction of sp³-hybridized carbons (Fsp3) is 0.296. The van der Waals surface area contributed by atoms with E-state index in [0.29, 0.717) is 33.7 Å². The van der Waals surface area contributed by atoms with Gasteiger partial charge in [-0.15, -0.1) is 0 Å². The van der Waals surface area contributed by atoms with Gasteiger partial charge in [-0.1, -0.05) is 12.1 Å². The Morgan fingerprint density at radius 1 is 1.10 bits per heavy atom. The average Bonchev–Trinajstić information content (AvgIpc) is 3.41. The fourth-order valence-corrected chi connectivity index (χ4v) is 5.63. The van der Waals surface area contributed by atoms with E-state index < -0.39 is 6.04 Å². The zero-order chi connectivity index (χ0) is 27.4. The Balaban J connectivity index is 1.27. The van der Waals surface area contributed by atoms with Crippen molar-refractivity contribution in [2.75, 3.05) is 11.1 Å². The number of nitrogens with zero attached hydrogens (tertiary/aromatic N) is 6. The SMILES string of the molecule is CC(=O)c1nn(CC(=O)N2[C@@H]3C[C@@H]3C[C@H]2C(=O)Nc2nc(Br)ccc2C)c2ccc(-c3cnc(N)nc3)cc12. The number of carbonyl (C=O) groups is 3. The number of Topliss-reactive ketones (excluding diaryl/α,β-unsaturated/α-hetero) is 1. The lowest BCUT2D eigenvalue weighted by Crippen LogP contribution is -2.47. The number of likely N-dealkylation sites (tertiary alicyclic amines) is 1. The molecule has 39 heavy (non-hydrogen) atoms. The monoisotopic (exact) mass is 588 g/mol. The first kappa shape index (κ1) is 25.1. The number of rotatable bonds is 6. The van der Waals surface area contributed by atoms with E-state index in [2.05, 4.69) is 41.3 Å². The zero-order valence-electron chi connectivity index (χ0n) is 21.3. The molecule has 4 aromatic rings. The van der Waals surface area contributed by atoms with Gasteiger partial charge in [-0.2, -0.15) is 5.10 Å². The molecule has 0 radical (unpaired) electrons. The summed E-state index contributed by atoms with van der Waals surface area (Å²) in [5.74, 6) is 0.269. The van der Waals surface area contributed by atoms with Crippen molar-refractivity contribution < 1.29 is 14.4 Å². The number of carbonyl (C=O) groups excluding carboxylic acids is 3. The standard InChI is InChI=1S/C27H25BrN8O3/c1-13-3-6-22(28)32-25(13)33-26(39)21-9-16-8-20(16)36(21)23(38)12-35-19-5-4-15(17-10-30-27(29)31-11-17)7-18(19)24(34-35)14(2)37/h3-7,10-11,16,20-21H,8-9,12H2,1-2H3,(H2,29,30,31)(H,32,33,39)/t16-,20-,21+/m1/s1. The second-order valence-corrected chi connectivity index (χ2v) is 10.8. The molecule has 1 saturated carbocycles. The fourth-order valence-electron chi connectivity index (χ4n) is 5.32. The number of hydrogen-bond acceptors (Lipinski definition) is 8. The minimum Gasteiger partial charge on any atom is -0.368 e. The van der Waals surface area contributed by atoms with Crippen LogP contribution < -0.4 is 11.1 Å². The van der Waals surface area contributed by atoms with Gasteiger partial charge in [-0.3, -0.25) is 19.1 Å². The first-order valence-corrected chi connectivity index (χ1v) is 13.3. The van der Waals surface area contributed by atoms with Crippen LogP contribution in [0.25, 0.3) is 22.0 Å². The molecule has 3 atom stereocenters. The van der Waals surface area contributed by atoms with Gasteiger partial charge in [0.1, 0.15) is 28.7 Å². The highest BCUT2D eigenvalue weighted by molar-refractivity contribution is 9.10. The quantitative estimate of drug-likeness (QED) is 0.257. The maximum atomic E-state index is 13.6. The summed E-state index contributed by atoms with van der Waals surface area (Å²) in [7, 11) is 0. The summed E-state index contributed by atoms with van der Waals surface area (Å²) >= 11 is 3.34. The summed E-state index contributed by atoms with van der Waals surface area (Å²) in [4.78, 5) is 53.5. The highest BCUT2D eigenvalue weighted by Gasteiger charge is 2.56. The van der Waals surface area contributed by atoms with Gasteiger partial charge in [0.15, 0.2) is 5.78 Å². The molecule has 11 nitrogen and oxygen atoms in total. The van der Waals surface area contributed by atoms with Gasteiger partial charge in [0.2, 0.25) is 17.8 Å². The van der Waals surface area contributed by atoms with Crippen LogP contribution in [0.2, 0.25) is 0 Å². The van der Waals surface area contributed by atoms with Crippen molar-refractivity contribution in [3.05, 3.63) is 58.6 Å². The van der Waals surface area contributed by atoms with Crippen molar-refractivity contribution in [2.45, 2.75) is 45.3 Å². The molecule has 1 aromatic carbocycles. The van der Waals surface area contributed by atoms with Crippen molar-refractivity contribution in [3.63, 3.8) is 0 Å². The number of ketones is 1. The van der Waals surface area contributed by atoms with Crippen LogP contribution in [0.1, 0.15) is 35.8 Å². The van der Waals surface area contributed by atoms with Crippen LogP contribution in [0.15, 0.2) is 47.3 Å². The lowest BCUT2D eigenvalue weighted by atomic mass is 10.0. The predicted octanol–water partition coefficient (Wildman–Crippen LogP) is 3.37. The Hall–Kier alpha value is -4.19. The topological polar surface area (TPSA) is 149 Å². The normalized spacial score (nSPS) is 19.7. The van der Waals surface area contributed by atoms with Crippen molar-refractivity contribution in [1.82, 2.24) is 29.6 Å². The Bertz CT molecular complexity index is 1650. The lowest BCUT2D eigenvalue weighted by molar-refractivity contribution is -0.138. The number of hydrogen-bond donors (Lipinski definition) is 2. The van der Waals surface area contributed by atoms with E-state index in [1.807, 2.05) is 37.3 Å². The molecule has 0 unspecified atom stereocenters. The Labute approximate surface area is 231 Å². The molecular formula is C27H25BrN8O3. The largest absolute Gasteiger partial charge is 0.368 e. The Morgan fingerprint density at radius 3 is 2.62 bits per heavy atom. The van der Waals surface area contributed by atoms with Gasteiger partial charge < -0.3 is 16.0 Å². The number of fused-ring (bicyclic) bond motifs is 2. The molecule has 1 saturated heterocycles. The minimum atomic E-state index is -0.590. The van der Waals surface area contributed by atoms with Crippen LogP contribution in [0.3, 0.4) is 0 Å². The predicted molar refractivity (Wildman–Crippen MR) is 148 cm³/mol. The summed E-state index contributed by atoms with van der Waals surface area (Å²) in [5.41, 5.74) is 8.89. The second-order valence-electron chi connectivity index (χ2n) is 10.0. The van der Waals surface area contributed by atoms with E-state index >= 15 is 0 Å². The number of benzene rings is 1. The molecular weight excluding hydrogens is 564 g/mol. The molecule has 4 heterocycles. The smallest absolute Gasteiger partial charge is 0.248 e. The molecule has 3 N–H and O–H groups in total. The number of nitrogens with one attached hydrogen (secondary N) is 1. The van der Waals surface area contributed by atoms with E-state index in [-0.39, 0.29) is 41.8 Å². The number of nitrogen functional groups attached to an aromatic ring is 1. The van der Waals surface area contributed by atoms with Crippen LogP contribution in [-0.2, 0) is 16.1 Å². The summed E-state index contributed by atoms with van der Waals surface area (Å²) in [5, 5.41) is 8.02. The van der Waals surface area contributed by atoms with E-state index in [4.69, 9.17) is 5.73 Å². The summed E-state index contributed by atoms with van der Waals surface area (Å²) in [6.07, 6.45) is 4.72. The molecule has 1 aliphatic heterocycles. The van der Waals surface area contributed by atoms with E-state index in [9.17, 15) is 14.4 Å². The number of amides is 2. The Morgan fingerprint density at radius 2 is 1.87 bits per heavy atom.